The Morgan fingerprint density at radius 3 is 1.95 bits per heavy atom. The summed E-state index contributed by atoms with van der Waals surface area (Å²) in [7, 11) is 0. The molecule has 1 aromatic rings. The van der Waals surface area contributed by atoms with Gasteiger partial charge in [-0.2, -0.15) is 0 Å². The van der Waals surface area contributed by atoms with Gasteiger partial charge in [-0.15, -0.1) is 0 Å². The van der Waals surface area contributed by atoms with Gasteiger partial charge in [0.25, 0.3) is 0 Å². The molecule has 2 heteroatoms. The normalized spacial score (nSPS) is 25.9. The van der Waals surface area contributed by atoms with Crippen LogP contribution in [0.1, 0.15) is 71.1 Å². The van der Waals surface area contributed by atoms with Crippen molar-refractivity contribution in [1.82, 2.24) is 0 Å². The zero-order valence-electron chi connectivity index (χ0n) is 13.6. The van der Waals surface area contributed by atoms with Crippen LogP contribution in [0, 0.1) is 5.92 Å². The van der Waals surface area contributed by atoms with Gasteiger partial charge in [0.15, 0.2) is 0 Å². The van der Waals surface area contributed by atoms with Crippen LogP contribution in [0.4, 0.5) is 0 Å². The maximum absolute atomic E-state index is 10.7. The molecular formula is C18H28O2. The van der Waals surface area contributed by atoms with Crippen LogP contribution >= 0.6 is 0 Å². The van der Waals surface area contributed by atoms with Gasteiger partial charge in [0.05, 0.1) is 17.3 Å². The SMILES string of the molecule is CC(C)c1ccc(C(O)C2CC(C)(C)OC2(C)C)cc1. The molecule has 1 saturated heterocycles. The molecule has 0 saturated carbocycles. The van der Waals surface area contributed by atoms with Gasteiger partial charge in [-0.05, 0) is 51.2 Å². The molecule has 1 N–H and O–H groups in total. The molecule has 2 atom stereocenters. The number of aliphatic hydroxyl groups excluding tert-OH is 1. The highest BCUT2D eigenvalue weighted by molar-refractivity contribution is 5.27. The fourth-order valence-electron chi connectivity index (χ4n) is 3.41. The van der Waals surface area contributed by atoms with Gasteiger partial charge in [-0.1, -0.05) is 38.1 Å². The Balaban J connectivity index is 2.21. The van der Waals surface area contributed by atoms with Crippen LogP contribution in [-0.4, -0.2) is 16.3 Å². The second-order valence-electron chi connectivity index (χ2n) is 7.54. The average molecular weight is 276 g/mol. The minimum atomic E-state index is -0.465. The number of aliphatic hydroxyl groups is 1. The first-order valence-electron chi connectivity index (χ1n) is 7.60. The van der Waals surface area contributed by atoms with Gasteiger partial charge in [0, 0.05) is 5.92 Å². The Kier molecular flexibility index (Phi) is 4.01. The fourth-order valence-corrected chi connectivity index (χ4v) is 3.41. The summed E-state index contributed by atoms with van der Waals surface area (Å²) in [5.74, 6) is 0.647. The highest BCUT2D eigenvalue weighted by atomic mass is 16.5. The van der Waals surface area contributed by atoms with E-state index in [0.717, 1.165) is 12.0 Å². The van der Waals surface area contributed by atoms with E-state index in [-0.39, 0.29) is 17.1 Å². The molecule has 0 aromatic heterocycles. The largest absolute Gasteiger partial charge is 0.388 e. The van der Waals surface area contributed by atoms with Gasteiger partial charge in [-0.25, -0.2) is 0 Å². The molecule has 112 valence electrons. The van der Waals surface area contributed by atoms with E-state index >= 15 is 0 Å². The number of hydrogen-bond donors (Lipinski definition) is 1. The number of hydrogen-bond acceptors (Lipinski definition) is 2. The van der Waals surface area contributed by atoms with E-state index in [4.69, 9.17) is 4.74 Å². The van der Waals surface area contributed by atoms with Crippen molar-refractivity contribution >= 4 is 0 Å². The zero-order chi connectivity index (χ0) is 15.1. The van der Waals surface area contributed by atoms with Crippen molar-refractivity contribution in [1.29, 1.82) is 0 Å². The Bertz CT molecular complexity index is 457. The van der Waals surface area contributed by atoms with Crippen molar-refractivity contribution in [3.05, 3.63) is 35.4 Å². The zero-order valence-corrected chi connectivity index (χ0v) is 13.6. The summed E-state index contributed by atoms with van der Waals surface area (Å²) in [4.78, 5) is 0. The third-order valence-electron chi connectivity index (χ3n) is 4.47. The van der Waals surface area contributed by atoms with E-state index in [2.05, 4.69) is 65.8 Å². The van der Waals surface area contributed by atoms with Crippen LogP contribution in [0.25, 0.3) is 0 Å². The Labute approximate surface area is 123 Å². The summed E-state index contributed by atoms with van der Waals surface area (Å²) in [6.45, 7) is 12.7. The molecule has 1 aliphatic heterocycles. The first-order valence-corrected chi connectivity index (χ1v) is 7.60. The molecule has 0 bridgehead atoms. The number of benzene rings is 1. The summed E-state index contributed by atoms with van der Waals surface area (Å²) in [6.07, 6.45) is 0.417. The van der Waals surface area contributed by atoms with Crippen molar-refractivity contribution in [2.75, 3.05) is 0 Å². The molecule has 2 nitrogen and oxygen atoms in total. The van der Waals surface area contributed by atoms with Crippen molar-refractivity contribution in [2.24, 2.45) is 5.92 Å². The topological polar surface area (TPSA) is 29.5 Å². The van der Waals surface area contributed by atoms with Crippen LogP contribution in [-0.2, 0) is 4.74 Å². The molecular weight excluding hydrogens is 248 g/mol. The van der Waals surface area contributed by atoms with Gasteiger partial charge in [0.2, 0.25) is 0 Å². The molecule has 2 rings (SSSR count). The van der Waals surface area contributed by atoms with E-state index in [1.807, 2.05) is 0 Å². The van der Waals surface area contributed by atoms with Crippen LogP contribution in [0.15, 0.2) is 24.3 Å². The molecule has 1 fully saturated rings. The second-order valence-corrected chi connectivity index (χ2v) is 7.54. The van der Waals surface area contributed by atoms with E-state index in [1.165, 1.54) is 5.56 Å². The molecule has 1 aromatic carbocycles. The quantitative estimate of drug-likeness (QED) is 0.884. The maximum atomic E-state index is 10.7. The lowest BCUT2D eigenvalue weighted by Crippen LogP contribution is -2.32. The molecule has 0 radical (unpaired) electrons. The van der Waals surface area contributed by atoms with Crippen molar-refractivity contribution in [2.45, 2.75) is 71.2 Å². The van der Waals surface area contributed by atoms with Crippen LogP contribution in [0.3, 0.4) is 0 Å². The molecule has 0 spiro atoms. The highest BCUT2D eigenvalue weighted by Gasteiger charge is 2.49. The predicted molar refractivity (Wildman–Crippen MR) is 82.8 cm³/mol. The molecule has 0 amide bonds. The van der Waals surface area contributed by atoms with E-state index < -0.39 is 6.10 Å². The van der Waals surface area contributed by atoms with Gasteiger partial charge < -0.3 is 9.84 Å². The molecule has 0 aliphatic carbocycles. The monoisotopic (exact) mass is 276 g/mol. The van der Waals surface area contributed by atoms with E-state index in [9.17, 15) is 5.11 Å². The van der Waals surface area contributed by atoms with E-state index in [0.29, 0.717) is 5.92 Å². The lowest BCUT2D eigenvalue weighted by atomic mass is 9.80. The van der Waals surface area contributed by atoms with Gasteiger partial charge in [-0.3, -0.25) is 0 Å². The van der Waals surface area contributed by atoms with Crippen molar-refractivity contribution in [3.8, 4) is 0 Å². The fraction of sp³-hybridized carbons (Fsp3) is 0.667. The number of rotatable bonds is 3. The number of ether oxygens (including phenoxy) is 1. The summed E-state index contributed by atoms with van der Waals surface area (Å²) >= 11 is 0. The summed E-state index contributed by atoms with van der Waals surface area (Å²) in [5, 5.41) is 10.7. The lowest BCUT2D eigenvalue weighted by Gasteiger charge is -2.30. The van der Waals surface area contributed by atoms with Crippen LogP contribution < -0.4 is 0 Å². The predicted octanol–water partition coefficient (Wildman–Crippen LogP) is 4.44. The molecule has 1 aliphatic rings. The minimum Gasteiger partial charge on any atom is -0.388 e. The van der Waals surface area contributed by atoms with Crippen molar-refractivity contribution in [3.63, 3.8) is 0 Å². The average Bonchev–Trinajstić information content (AvgIpc) is 2.56. The summed E-state index contributed by atoms with van der Waals surface area (Å²) in [5.41, 5.74) is 1.85. The highest BCUT2D eigenvalue weighted by Crippen LogP contribution is 2.47. The maximum Gasteiger partial charge on any atom is 0.0846 e. The van der Waals surface area contributed by atoms with Gasteiger partial charge in [0.1, 0.15) is 0 Å². The standard InChI is InChI=1S/C18H28O2/c1-12(2)13-7-9-14(10-8-13)16(19)15-11-17(3,4)20-18(15,5)6/h7-10,12,15-16,19H,11H2,1-6H3. The second kappa shape index (κ2) is 5.16. The third kappa shape index (κ3) is 3.07. The van der Waals surface area contributed by atoms with Crippen LogP contribution in [0.5, 0.6) is 0 Å². The van der Waals surface area contributed by atoms with Gasteiger partial charge >= 0.3 is 0 Å². The van der Waals surface area contributed by atoms with Crippen molar-refractivity contribution < 1.29 is 9.84 Å². The first-order chi connectivity index (χ1) is 9.12. The molecule has 20 heavy (non-hydrogen) atoms. The lowest BCUT2D eigenvalue weighted by molar-refractivity contribution is -0.0880. The smallest absolute Gasteiger partial charge is 0.0846 e. The molecule has 2 unspecified atom stereocenters. The summed E-state index contributed by atoms with van der Waals surface area (Å²) in [6, 6.07) is 8.36. The first kappa shape index (κ1) is 15.5. The van der Waals surface area contributed by atoms with E-state index in [1.54, 1.807) is 0 Å². The Morgan fingerprint density at radius 2 is 1.55 bits per heavy atom. The third-order valence-corrected chi connectivity index (χ3v) is 4.47. The minimum absolute atomic E-state index is 0.127. The Morgan fingerprint density at radius 1 is 1.05 bits per heavy atom. The molecule has 1 heterocycles. The summed E-state index contributed by atoms with van der Waals surface area (Å²) < 4.78 is 6.09. The Hall–Kier alpha value is -0.860. The van der Waals surface area contributed by atoms with Crippen LogP contribution in [0.2, 0.25) is 0 Å².